The van der Waals surface area contributed by atoms with Gasteiger partial charge in [-0.15, -0.1) is 0 Å². The number of aliphatic hydroxyl groups excluding tert-OH is 1. The molecule has 0 unspecified atom stereocenters. The lowest BCUT2D eigenvalue weighted by Gasteiger charge is -2.46. The van der Waals surface area contributed by atoms with Crippen LogP contribution in [0.25, 0.3) is 10.9 Å². The Morgan fingerprint density at radius 2 is 1.59 bits per heavy atom. The SMILES string of the molecule is C[C@@H]1CN(C(=O)c2cc3cc(F)c(F)cc3n2C)CCN1C(=O)CN1C[C@@H](C)N(C(=O)OC(C)(C)C)C[C@@H]1COCCOCCO. The zero-order valence-electron chi connectivity index (χ0n) is 27.6. The van der Waals surface area contributed by atoms with E-state index in [1.807, 2.05) is 39.5 Å². The number of aliphatic hydroxyl groups is 1. The van der Waals surface area contributed by atoms with Crippen molar-refractivity contribution in [2.75, 3.05) is 72.3 Å². The lowest BCUT2D eigenvalue weighted by atomic mass is 10.1. The number of hydrogen-bond donors (Lipinski definition) is 1. The van der Waals surface area contributed by atoms with E-state index in [1.165, 1.54) is 0 Å². The molecule has 0 aliphatic carbocycles. The van der Waals surface area contributed by atoms with Gasteiger partial charge in [0.1, 0.15) is 11.3 Å². The maximum absolute atomic E-state index is 13.8. The standard InChI is InChI=1S/C32H47F2N5O7/c1-21-16-36(30(42)28-14-23-13-25(33)26(34)15-27(23)35(28)6)7-8-38(21)29(41)19-37-17-22(2)39(31(43)46-32(3,4)5)18-24(37)20-45-12-11-44-10-9-40/h13-15,21-22,24,40H,7-12,16-20H2,1-6H3/t21-,22-,24-/m1/s1. The molecule has 3 atom stereocenters. The van der Waals surface area contributed by atoms with E-state index in [2.05, 4.69) is 0 Å². The summed E-state index contributed by atoms with van der Waals surface area (Å²) in [7, 11) is 1.64. The van der Waals surface area contributed by atoms with E-state index in [-0.39, 0.29) is 56.3 Å². The van der Waals surface area contributed by atoms with E-state index in [1.54, 1.807) is 32.4 Å². The molecule has 2 fully saturated rings. The molecule has 2 aromatic rings. The molecule has 0 bridgehead atoms. The molecule has 0 saturated carbocycles. The van der Waals surface area contributed by atoms with Gasteiger partial charge in [0.25, 0.3) is 5.91 Å². The zero-order valence-corrected chi connectivity index (χ0v) is 27.6. The molecule has 256 valence electrons. The van der Waals surface area contributed by atoms with Gasteiger partial charge in [-0.1, -0.05) is 0 Å². The molecule has 1 aromatic heterocycles. The predicted octanol–water partition coefficient (Wildman–Crippen LogP) is 2.46. The first-order chi connectivity index (χ1) is 21.7. The van der Waals surface area contributed by atoms with Crippen LogP contribution < -0.4 is 0 Å². The number of rotatable bonds is 10. The quantitative estimate of drug-likeness (QED) is 0.390. The number of ether oxygens (including phenoxy) is 3. The van der Waals surface area contributed by atoms with Crippen LogP contribution >= 0.6 is 0 Å². The van der Waals surface area contributed by atoms with E-state index >= 15 is 0 Å². The molecule has 2 saturated heterocycles. The van der Waals surface area contributed by atoms with Crippen molar-refractivity contribution in [1.29, 1.82) is 0 Å². The number of aromatic nitrogens is 1. The number of carbonyl (C=O) groups excluding carboxylic acids is 3. The summed E-state index contributed by atoms with van der Waals surface area (Å²) in [6, 6.07) is 2.97. The largest absolute Gasteiger partial charge is 0.444 e. The third-order valence-electron chi connectivity index (χ3n) is 8.38. The first-order valence-corrected chi connectivity index (χ1v) is 15.7. The molecule has 0 spiro atoms. The van der Waals surface area contributed by atoms with Gasteiger partial charge in [-0.3, -0.25) is 14.5 Å². The van der Waals surface area contributed by atoms with E-state index in [9.17, 15) is 23.2 Å². The van der Waals surface area contributed by atoms with E-state index in [0.29, 0.717) is 62.5 Å². The van der Waals surface area contributed by atoms with E-state index in [4.69, 9.17) is 19.3 Å². The van der Waals surface area contributed by atoms with Gasteiger partial charge in [0.15, 0.2) is 11.6 Å². The van der Waals surface area contributed by atoms with Crippen LogP contribution in [0.3, 0.4) is 0 Å². The van der Waals surface area contributed by atoms with Crippen LogP contribution in [-0.2, 0) is 26.1 Å². The molecule has 46 heavy (non-hydrogen) atoms. The van der Waals surface area contributed by atoms with Crippen molar-refractivity contribution in [1.82, 2.24) is 24.2 Å². The van der Waals surface area contributed by atoms with Crippen LogP contribution in [0.15, 0.2) is 18.2 Å². The summed E-state index contributed by atoms with van der Waals surface area (Å²) in [5.74, 6) is -2.32. The highest BCUT2D eigenvalue weighted by Crippen LogP contribution is 2.25. The topological polar surface area (TPSA) is 117 Å². The number of nitrogens with zero attached hydrogens (tertiary/aromatic N) is 5. The first kappa shape index (κ1) is 35.5. The molecule has 14 heteroatoms. The van der Waals surface area contributed by atoms with E-state index in [0.717, 1.165) is 12.1 Å². The fourth-order valence-corrected chi connectivity index (χ4v) is 6.02. The van der Waals surface area contributed by atoms with Gasteiger partial charge in [-0.2, -0.15) is 0 Å². The highest BCUT2D eigenvalue weighted by atomic mass is 19.2. The molecule has 3 amide bonds. The summed E-state index contributed by atoms with van der Waals surface area (Å²) < 4.78 is 46.0. The molecule has 0 radical (unpaired) electrons. The Kier molecular flexibility index (Phi) is 11.6. The number of aryl methyl sites for hydroxylation is 1. The lowest BCUT2D eigenvalue weighted by Crippen LogP contribution is -2.63. The van der Waals surface area contributed by atoms with E-state index < -0.39 is 23.3 Å². The van der Waals surface area contributed by atoms with Crippen LogP contribution in [0.1, 0.15) is 45.1 Å². The Bertz CT molecular complexity index is 1400. The van der Waals surface area contributed by atoms with Gasteiger partial charge < -0.3 is 38.6 Å². The third kappa shape index (κ3) is 8.52. The Balaban J connectivity index is 1.39. The monoisotopic (exact) mass is 651 g/mol. The van der Waals surface area contributed by atoms with Gasteiger partial charge in [-0.05, 0) is 46.8 Å². The van der Waals surface area contributed by atoms with Crippen molar-refractivity contribution in [3.8, 4) is 0 Å². The number of piperazine rings is 2. The van der Waals surface area contributed by atoms with Crippen molar-refractivity contribution in [3.63, 3.8) is 0 Å². The molecule has 1 aromatic carbocycles. The summed E-state index contributed by atoms with van der Waals surface area (Å²) in [6.07, 6.45) is -0.418. The number of amides is 3. The maximum atomic E-state index is 13.8. The van der Waals surface area contributed by atoms with Crippen LogP contribution in [0.2, 0.25) is 0 Å². The number of benzene rings is 1. The Hall–Kier alpha value is -3.33. The average molecular weight is 652 g/mol. The van der Waals surface area contributed by atoms with Crippen molar-refractivity contribution in [3.05, 3.63) is 35.5 Å². The maximum Gasteiger partial charge on any atom is 0.410 e. The third-order valence-corrected chi connectivity index (χ3v) is 8.38. The summed E-state index contributed by atoms with van der Waals surface area (Å²) in [6.45, 7) is 12.1. The molecule has 2 aliphatic rings. The minimum absolute atomic E-state index is 0.0757. The minimum atomic E-state index is -0.977. The van der Waals surface area contributed by atoms with Gasteiger partial charge in [0.2, 0.25) is 5.91 Å². The van der Waals surface area contributed by atoms with Crippen LogP contribution in [0, 0.1) is 11.6 Å². The molecule has 3 heterocycles. The molecular formula is C32H47F2N5O7. The molecule has 12 nitrogen and oxygen atoms in total. The summed E-state index contributed by atoms with van der Waals surface area (Å²) in [5.41, 5.74) is 0.0816. The second-order valence-electron chi connectivity index (χ2n) is 13.1. The van der Waals surface area contributed by atoms with Crippen LogP contribution in [-0.4, -0.2) is 143 Å². The Morgan fingerprint density at radius 1 is 0.913 bits per heavy atom. The van der Waals surface area contributed by atoms with Crippen molar-refractivity contribution in [2.45, 2.75) is 58.3 Å². The molecule has 2 aliphatic heterocycles. The fourth-order valence-electron chi connectivity index (χ4n) is 6.02. The highest BCUT2D eigenvalue weighted by Gasteiger charge is 2.39. The van der Waals surface area contributed by atoms with Gasteiger partial charge in [-0.25, -0.2) is 13.6 Å². The van der Waals surface area contributed by atoms with Gasteiger partial charge >= 0.3 is 6.09 Å². The normalized spacial score (nSPS) is 21.2. The molecule has 4 rings (SSSR count). The summed E-state index contributed by atoms with van der Waals surface area (Å²) in [5, 5.41) is 9.34. The second kappa shape index (κ2) is 15.1. The average Bonchev–Trinajstić information content (AvgIpc) is 3.29. The first-order valence-electron chi connectivity index (χ1n) is 15.7. The Morgan fingerprint density at radius 3 is 2.26 bits per heavy atom. The number of hydrogen-bond acceptors (Lipinski definition) is 8. The summed E-state index contributed by atoms with van der Waals surface area (Å²) in [4.78, 5) is 47.3. The molecular weight excluding hydrogens is 604 g/mol. The predicted molar refractivity (Wildman–Crippen MR) is 166 cm³/mol. The molecule has 1 N–H and O–H groups in total. The lowest BCUT2D eigenvalue weighted by molar-refractivity contribution is -0.138. The number of halogens is 2. The fraction of sp³-hybridized carbons (Fsp3) is 0.656. The van der Waals surface area contributed by atoms with Crippen LogP contribution in [0.4, 0.5) is 13.6 Å². The smallest absolute Gasteiger partial charge is 0.410 e. The van der Waals surface area contributed by atoms with Crippen LogP contribution in [0.5, 0.6) is 0 Å². The van der Waals surface area contributed by atoms with Gasteiger partial charge in [0, 0.05) is 63.3 Å². The van der Waals surface area contributed by atoms with Crippen molar-refractivity contribution >= 4 is 28.8 Å². The van der Waals surface area contributed by atoms with Gasteiger partial charge in [0.05, 0.1) is 51.1 Å². The van der Waals surface area contributed by atoms with Crippen molar-refractivity contribution < 1.29 is 42.5 Å². The number of carbonyl (C=O) groups is 3. The summed E-state index contributed by atoms with van der Waals surface area (Å²) >= 11 is 0. The van der Waals surface area contributed by atoms with Crippen molar-refractivity contribution in [2.24, 2.45) is 7.05 Å². The second-order valence-corrected chi connectivity index (χ2v) is 13.1. The number of fused-ring (bicyclic) bond motifs is 1. The highest BCUT2D eigenvalue weighted by molar-refractivity contribution is 5.99. The minimum Gasteiger partial charge on any atom is -0.444 e. The Labute approximate surface area is 268 Å². The zero-order chi connectivity index (χ0) is 33.8.